The van der Waals surface area contributed by atoms with Crippen molar-refractivity contribution in [1.82, 2.24) is 15.3 Å². The normalized spacial score (nSPS) is 17.3. The maximum absolute atomic E-state index is 6.34. The number of thiocarbonyl (C=S) groups is 1. The second kappa shape index (κ2) is 12.7. The van der Waals surface area contributed by atoms with Crippen LogP contribution in [0.2, 0.25) is 5.02 Å². The molecule has 0 amide bonds. The average molecular weight is 552 g/mol. The van der Waals surface area contributed by atoms with Crippen molar-refractivity contribution in [3.63, 3.8) is 0 Å². The van der Waals surface area contributed by atoms with Gasteiger partial charge in [0.25, 0.3) is 0 Å². The summed E-state index contributed by atoms with van der Waals surface area (Å²) in [5.41, 5.74) is 1.08. The Balaban J connectivity index is 1.33. The fourth-order valence-electron chi connectivity index (χ4n) is 5.14. The highest BCUT2D eigenvalue weighted by Crippen LogP contribution is 2.35. The van der Waals surface area contributed by atoms with E-state index in [0.717, 1.165) is 55.4 Å². The third-order valence-electron chi connectivity index (χ3n) is 7.28. The maximum Gasteiger partial charge on any atom is 0.234 e. The molecule has 0 saturated carbocycles. The number of aromatic nitrogens is 2. The van der Waals surface area contributed by atoms with E-state index in [-0.39, 0.29) is 5.41 Å². The molecule has 2 N–H and O–H groups in total. The van der Waals surface area contributed by atoms with Crippen LogP contribution < -0.4 is 20.3 Å². The topological polar surface area (TPSA) is 71.5 Å². The van der Waals surface area contributed by atoms with Gasteiger partial charge in [-0.25, -0.2) is 0 Å². The van der Waals surface area contributed by atoms with Gasteiger partial charge in [-0.1, -0.05) is 54.8 Å². The first-order valence-corrected chi connectivity index (χ1v) is 14.1. The number of nitrogens with zero attached hydrogens (tertiary/aromatic N) is 3. The highest BCUT2D eigenvalue weighted by molar-refractivity contribution is 7.80. The lowest BCUT2D eigenvalue weighted by molar-refractivity contribution is 0.0515. The second-order valence-corrected chi connectivity index (χ2v) is 10.8. The molecule has 0 unspecified atom stereocenters. The van der Waals surface area contributed by atoms with Crippen LogP contribution in [0.1, 0.15) is 44.1 Å². The van der Waals surface area contributed by atoms with Gasteiger partial charge in [-0.2, -0.15) is 9.97 Å². The molecule has 0 spiro atoms. The molecule has 3 heterocycles. The molecule has 0 atom stereocenters. The van der Waals surface area contributed by atoms with Gasteiger partial charge in [0.1, 0.15) is 11.6 Å². The predicted molar refractivity (Wildman–Crippen MR) is 157 cm³/mol. The van der Waals surface area contributed by atoms with E-state index in [2.05, 4.69) is 26.6 Å². The van der Waals surface area contributed by atoms with Crippen molar-refractivity contribution in [2.75, 3.05) is 43.1 Å². The lowest BCUT2D eigenvalue weighted by atomic mass is 9.74. The van der Waals surface area contributed by atoms with Crippen LogP contribution in [-0.2, 0) is 10.2 Å². The zero-order valence-corrected chi connectivity index (χ0v) is 23.1. The molecule has 7 nitrogen and oxygen atoms in total. The molecule has 38 heavy (non-hydrogen) atoms. The molecule has 2 aromatic carbocycles. The molecule has 0 aliphatic carbocycles. The van der Waals surface area contributed by atoms with Gasteiger partial charge in [0, 0.05) is 49.4 Å². The minimum Gasteiger partial charge on any atom is -0.439 e. The van der Waals surface area contributed by atoms with E-state index in [4.69, 9.17) is 38.3 Å². The van der Waals surface area contributed by atoms with Crippen molar-refractivity contribution in [2.45, 2.75) is 43.9 Å². The summed E-state index contributed by atoms with van der Waals surface area (Å²) in [6.07, 6.45) is 6.56. The number of nitrogens with one attached hydrogen (secondary N) is 2. The Labute approximate surface area is 234 Å². The van der Waals surface area contributed by atoms with E-state index < -0.39 is 0 Å². The highest BCUT2D eigenvalue weighted by atomic mass is 35.5. The molecule has 2 aliphatic heterocycles. The SMILES string of the molecule is S=C(NCC1(c2cccc(Cl)c2)CCOCC1)Nc1nc(Oc2ccccc2)cc(N2CCCCCC2)n1. The van der Waals surface area contributed by atoms with Gasteiger partial charge in [-0.15, -0.1) is 0 Å². The summed E-state index contributed by atoms with van der Waals surface area (Å²) in [7, 11) is 0. The molecule has 5 rings (SSSR count). The first-order valence-electron chi connectivity index (χ1n) is 13.4. The number of benzene rings is 2. The third kappa shape index (κ3) is 6.92. The van der Waals surface area contributed by atoms with Crippen LogP contribution in [0.5, 0.6) is 11.6 Å². The van der Waals surface area contributed by atoms with E-state index in [1.54, 1.807) is 0 Å². The van der Waals surface area contributed by atoms with Gasteiger partial charge >= 0.3 is 0 Å². The zero-order valence-electron chi connectivity index (χ0n) is 21.5. The molecule has 200 valence electrons. The minimum atomic E-state index is -0.120. The van der Waals surface area contributed by atoms with Crippen molar-refractivity contribution in [3.8, 4) is 11.6 Å². The molecule has 2 fully saturated rings. The third-order valence-corrected chi connectivity index (χ3v) is 7.77. The van der Waals surface area contributed by atoms with Gasteiger partial charge in [0.05, 0.1) is 0 Å². The quantitative estimate of drug-likeness (QED) is 0.330. The second-order valence-electron chi connectivity index (χ2n) is 9.92. The molecule has 0 radical (unpaired) electrons. The van der Waals surface area contributed by atoms with Crippen molar-refractivity contribution < 1.29 is 9.47 Å². The van der Waals surface area contributed by atoms with Crippen molar-refractivity contribution in [2.24, 2.45) is 0 Å². The van der Waals surface area contributed by atoms with Crippen LogP contribution in [0.4, 0.5) is 11.8 Å². The number of anilines is 2. The summed E-state index contributed by atoms with van der Waals surface area (Å²) in [6.45, 7) is 4.00. The Morgan fingerprint density at radius 2 is 1.74 bits per heavy atom. The van der Waals surface area contributed by atoms with E-state index in [1.807, 2.05) is 54.6 Å². The molecule has 1 aromatic heterocycles. The van der Waals surface area contributed by atoms with Crippen LogP contribution in [0.3, 0.4) is 0 Å². The smallest absolute Gasteiger partial charge is 0.234 e. The monoisotopic (exact) mass is 551 g/mol. The first-order chi connectivity index (χ1) is 18.6. The van der Waals surface area contributed by atoms with E-state index in [1.165, 1.54) is 18.4 Å². The van der Waals surface area contributed by atoms with Gasteiger partial charge < -0.3 is 25.0 Å². The lowest BCUT2D eigenvalue weighted by Gasteiger charge is -2.38. The summed E-state index contributed by atoms with van der Waals surface area (Å²) in [5, 5.41) is 7.85. The lowest BCUT2D eigenvalue weighted by Crippen LogP contribution is -2.45. The minimum absolute atomic E-state index is 0.120. The van der Waals surface area contributed by atoms with Gasteiger partial charge in [-0.3, -0.25) is 0 Å². The van der Waals surface area contributed by atoms with Crippen LogP contribution in [0, 0.1) is 0 Å². The molecule has 3 aromatic rings. The average Bonchev–Trinajstić information content (AvgIpc) is 3.23. The van der Waals surface area contributed by atoms with Gasteiger partial charge in [-0.05, 0) is 67.7 Å². The van der Waals surface area contributed by atoms with Crippen LogP contribution in [0.25, 0.3) is 0 Å². The number of hydrogen-bond donors (Lipinski definition) is 2. The Hall–Kier alpha value is -2.94. The van der Waals surface area contributed by atoms with Crippen LogP contribution in [-0.4, -0.2) is 47.9 Å². The van der Waals surface area contributed by atoms with E-state index >= 15 is 0 Å². The predicted octanol–water partition coefficient (Wildman–Crippen LogP) is 6.34. The molecule has 2 aliphatic rings. The largest absolute Gasteiger partial charge is 0.439 e. The van der Waals surface area contributed by atoms with Crippen LogP contribution in [0.15, 0.2) is 60.7 Å². The van der Waals surface area contributed by atoms with E-state index in [0.29, 0.717) is 36.7 Å². The molecular weight excluding hydrogens is 518 g/mol. The summed E-state index contributed by atoms with van der Waals surface area (Å²) in [6, 6.07) is 19.7. The first kappa shape index (κ1) is 26.7. The fourth-order valence-corrected chi connectivity index (χ4v) is 5.49. The van der Waals surface area contributed by atoms with E-state index in [9.17, 15) is 0 Å². The van der Waals surface area contributed by atoms with Crippen molar-refractivity contribution in [1.29, 1.82) is 0 Å². The highest BCUT2D eigenvalue weighted by Gasteiger charge is 2.34. The molecular formula is C29H34ClN5O2S. The Morgan fingerprint density at radius 1 is 0.974 bits per heavy atom. The van der Waals surface area contributed by atoms with Gasteiger partial charge in [0.2, 0.25) is 11.8 Å². The van der Waals surface area contributed by atoms with Gasteiger partial charge in [0.15, 0.2) is 5.11 Å². The number of rotatable bonds is 7. The molecule has 0 bridgehead atoms. The number of para-hydroxylation sites is 1. The Morgan fingerprint density at radius 3 is 2.47 bits per heavy atom. The fraction of sp³-hybridized carbons (Fsp3) is 0.414. The molecule has 9 heteroatoms. The summed E-state index contributed by atoms with van der Waals surface area (Å²) >= 11 is 12.0. The van der Waals surface area contributed by atoms with Crippen LogP contribution >= 0.6 is 23.8 Å². The number of halogens is 1. The van der Waals surface area contributed by atoms with Crippen molar-refractivity contribution >= 4 is 40.7 Å². The number of hydrogen-bond acceptors (Lipinski definition) is 6. The standard InChI is InChI=1S/C29H34ClN5O2S/c30-23-10-8-9-22(19-23)29(13-17-36-18-14-29)21-31-28(38)34-27-32-25(35-15-6-1-2-7-16-35)20-26(33-27)37-24-11-4-3-5-12-24/h3-5,8-12,19-20H,1-2,6-7,13-18,21H2,(H2,31,32,33,34,38). The van der Waals surface area contributed by atoms with Crippen molar-refractivity contribution in [3.05, 3.63) is 71.2 Å². The summed E-state index contributed by atoms with van der Waals surface area (Å²) in [5.74, 6) is 2.47. The molecule has 2 saturated heterocycles. The number of ether oxygens (including phenoxy) is 2. The Bertz CT molecular complexity index is 1210. The summed E-state index contributed by atoms with van der Waals surface area (Å²) in [4.78, 5) is 11.8. The Kier molecular flexibility index (Phi) is 8.94. The maximum atomic E-state index is 6.34. The zero-order chi connectivity index (χ0) is 26.2. The summed E-state index contributed by atoms with van der Waals surface area (Å²) < 4.78 is 11.8.